The molecule has 1 aliphatic heterocycles. The highest BCUT2D eigenvalue weighted by molar-refractivity contribution is 4.85. The molecule has 0 spiro atoms. The first kappa shape index (κ1) is 9.96. The third kappa shape index (κ3) is 2.73. The van der Waals surface area contributed by atoms with Gasteiger partial charge in [0, 0.05) is 13.1 Å². The molecule has 0 aromatic carbocycles. The van der Waals surface area contributed by atoms with E-state index < -0.39 is 5.60 Å². The Morgan fingerprint density at radius 2 is 2.00 bits per heavy atom. The summed E-state index contributed by atoms with van der Waals surface area (Å²) in [5, 5.41) is 13.1. The molecule has 1 rings (SSSR count). The summed E-state index contributed by atoms with van der Waals surface area (Å²) in [7, 11) is 4.04. The average Bonchev–Trinajstić information content (AvgIpc) is 2.08. The minimum absolute atomic E-state index is 0.393. The summed E-state index contributed by atoms with van der Waals surface area (Å²) in [5.74, 6) is 0. The fraction of sp³-hybridized carbons (Fsp3) is 1.00. The van der Waals surface area contributed by atoms with Crippen LogP contribution in [0.1, 0.15) is 19.3 Å². The summed E-state index contributed by atoms with van der Waals surface area (Å²) in [5.41, 5.74) is -0.393. The number of hydrogen-bond donors (Lipinski definition) is 2. The molecule has 0 unspecified atom stereocenters. The molecule has 0 amide bonds. The number of hydrogen-bond acceptors (Lipinski definition) is 3. The van der Waals surface area contributed by atoms with Crippen molar-refractivity contribution in [2.75, 3.05) is 33.7 Å². The largest absolute Gasteiger partial charge is 0.390 e. The first-order valence-corrected chi connectivity index (χ1v) is 4.72. The van der Waals surface area contributed by atoms with E-state index in [1.54, 1.807) is 0 Å². The van der Waals surface area contributed by atoms with Crippen LogP contribution >= 0.6 is 0 Å². The van der Waals surface area contributed by atoms with Crippen molar-refractivity contribution in [1.82, 2.24) is 10.2 Å². The van der Waals surface area contributed by atoms with Gasteiger partial charge in [-0.05, 0) is 39.9 Å². The smallest absolute Gasteiger partial charge is 0.0684 e. The van der Waals surface area contributed by atoms with Crippen molar-refractivity contribution in [3.8, 4) is 0 Å². The highest BCUT2D eigenvalue weighted by Crippen LogP contribution is 2.24. The number of rotatable bonds is 3. The molecular formula is C9H20N2O. The molecule has 0 aliphatic carbocycles. The standard InChI is InChI=1S/C9H20N2O/c1-10-6-3-9(12)4-7-11(2)8-5-9/h10,12H,3-8H2,1-2H3. The summed E-state index contributed by atoms with van der Waals surface area (Å²) in [4.78, 5) is 2.27. The van der Waals surface area contributed by atoms with E-state index in [2.05, 4.69) is 17.3 Å². The molecule has 0 atom stereocenters. The van der Waals surface area contributed by atoms with Crippen molar-refractivity contribution in [2.24, 2.45) is 0 Å². The Morgan fingerprint density at radius 1 is 1.42 bits per heavy atom. The maximum atomic E-state index is 10.1. The molecule has 0 bridgehead atoms. The van der Waals surface area contributed by atoms with Crippen LogP contribution in [0.5, 0.6) is 0 Å². The Hall–Kier alpha value is -0.120. The van der Waals surface area contributed by atoms with Gasteiger partial charge in [0.2, 0.25) is 0 Å². The van der Waals surface area contributed by atoms with Gasteiger partial charge in [-0.2, -0.15) is 0 Å². The second-order valence-corrected chi connectivity index (χ2v) is 3.88. The second kappa shape index (κ2) is 4.21. The van der Waals surface area contributed by atoms with Crippen LogP contribution in [-0.4, -0.2) is 49.3 Å². The van der Waals surface area contributed by atoms with Crippen molar-refractivity contribution in [1.29, 1.82) is 0 Å². The fourth-order valence-corrected chi connectivity index (χ4v) is 1.64. The summed E-state index contributed by atoms with van der Waals surface area (Å²) in [6.45, 7) is 2.97. The molecule has 0 saturated carbocycles. The van der Waals surface area contributed by atoms with E-state index >= 15 is 0 Å². The van der Waals surface area contributed by atoms with E-state index in [0.717, 1.165) is 38.9 Å². The molecule has 1 saturated heterocycles. The summed E-state index contributed by atoms with van der Waals surface area (Å²) >= 11 is 0. The lowest BCUT2D eigenvalue weighted by Gasteiger charge is -2.36. The van der Waals surface area contributed by atoms with Crippen LogP contribution in [0.4, 0.5) is 0 Å². The Bertz CT molecular complexity index is 125. The van der Waals surface area contributed by atoms with Crippen molar-refractivity contribution >= 4 is 0 Å². The van der Waals surface area contributed by atoms with Crippen LogP contribution in [0, 0.1) is 0 Å². The summed E-state index contributed by atoms with van der Waals surface area (Å²) in [6.07, 6.45) is 2.73. The number of likely N-dealkylation sites (tertiary alicyclic amines) is 1. The molecular weight excluding hydrogens is 152 g/mol. The zero-order valence-corrected chi connectivity index (χ0v) is 8.14. The number of nitrogens with one attached hydrogen (secondary N) is 1. The first-order valence-electron chi connectivity index (χ1n) is 4.72. The predicted octanol–water partition coefficient (Wildman–Crippen LogP) is 0.0526. The SMILES string of the molecule is CNCCC1(O)CCN(C)CC1. The highest BCUT2D eigenvalue weighted by atomic mass is 16.3. The van der Waals surface area contributed by atoms with Crippen LogP contribution < -0.4 is 5.32 Å². The maximum Gasteiger partial charge on any atom is 0.0684 e. The van der Waals surface area contributed by atoms with Crippen molar-refractivity contribution in [3.05, 3.63) is 0 Å². The number of piperidine rings is 1. The maximum absolute atomic E-state index is 10.1. The molecule has 0 aromatic rings. The van der Waals surface area contributed by atoms with E-state index in [1.165, 1.54) is 0 Å². The van der Waals surface area contributed by atoms with Gasteiger partial charge in [0.05, 0.1) is 5.60 Å². The highest BCUT2D eigenvalue weighted by Gasteiger charge is 2.29. The zero-order chi connectivity index (χ0) is 9.03. The minimum Gasteiger partial charge on any atom is -0.390 e. The third-order valence-corrected chi connectivity index (χ3v) is 2.76. The summed E-state index contributed by atoms with van der Waals surface area (Å²) < 4.78 is 0. The van der Waals surface area contributed by atoms with Gasteiger partial charge in [0.25, 0.3) is 0 Å². The van der Waals surface area contributed by atoms with Gasteiger partial charge < -0.3 is 15.3 Å². The van der Waals surface area contributed by atoms with Gasteiger partial charge in [0.15, 0.2) is 0 Å². The molecule has 0 aromatic heterocycles. The van der Waals surface area contributed by atoms with Crippen LogP contribution in [-0.2, 0) is 0 Å². The number of nitrogens with zero attached hydrogens (tertiary/aromatic N) is 1. The Labute approximate surface area is 74.8 Å². The molecule has 12 heavy (non-hydrogen) atoms. The van der Waals surface area contributed by atoms with Gasteiger partial charge in [-0.3, -0.25) is 0 Å². The normalized spacial score (nSPS) is 24.2. The monoisotopic (exact) mass is 172 g/mol. The molecule has 2 N–H and O–H groups in total. The topological polar surface area (TPSA) is 35.5 Å². The van der Waals surface area contributed by atoms with E-state index in [4.69, 9.17) is 0 Å². The van der Waals surface area contributed by atoms with Gasteiger partial charge >= 0.3 is 0 Å². The van der Waals surface area contributed by atoms with E-state index in [-0.39, 0.29) is 0 Å². The molecule has 72 valence electrons. The summed E-state index contributed by atoms with van der Waals surface area (Å²) in [6, 6.07) is 0. The van der Waals surface area contributed by atoms with Crippen LogP contribution in [0.25, 0.3) is 0 Å². The lowest BCUT2D eigenvalue weighted by Crippen LogP contribution is -2.44. The first-order chi connectivity index (χ1) is 5.66. The third-order valence-electron chi connectivity index (χ3n) is 2.76. The lowest BCUT2D eigenvalue weighted by atomic mass is 9.88. The predicted molar refractivity (Wildman–Crippen MR) is 50.2 cm³/mol. The zero-order valence-electron chi connectivity index (χ0n) is 8.14. The second-order valence-electron chi connectivity index (χ2n) is 3.88. The molecule has 1 heterocycles. The average molecular weight is 172 g/mol. The minimum atomic E-state index is -0.393. The van der Waals surface area contributed by atoms with Gasteiger partial charge in [-0.25, -0.2) is 0 Å². The molecule has 0 radical (unpaired) electrons. The van der Waals surface area contributed by atoms with Gasteiger partial charge in [-0.15, -0.1) is 0 Å². The molecule has 3 heteroatoms. The van der Waals surface area contributed by atoms with Crippen molar-refractivity contribution < 1.29 is 5.11 Å². The van der Waals surface area contributed by atoms with Gasteiger partial charge in [-0.1, -0.05) is 0 Å². The molecule has 1 aliphatic rings. The van der Waals surface area contributed by atoms with Crippen LogP contribution in [0.15, 0.2) is 0 Å². The van der Waals surface area contributed by atoms with E-state index in [1.807, 2.05) is 7.05 Å². The Kier molecular flexibility index (Phi) is 3.50. The van der Waals surface area contributed by atoms with Crippen LogP contribution in [0.2, 0.25) is 0 Å². The fourth-order valence-electron chi connectivity index (χ4n) is 1.64. The van der Waals surface area contributed by atoms with E-state index in [0.29, 0.717) is 0 Å². The molecule has 3 nitrogen and oxygen atoms in total. The van der Waals surface area contributed by atoms with E-state index in [9.17, 15) is 5.11 Å². The van der Waals surface area contributed by atoms with Gasteiger partial charge in [0.1, 0.15) is 0 Å². The van der Waals surface area contributed by atoms with Crippen molar-refractivity contribution in [3.63, 3.8) is 0 Å². The van der Waals surface area contributed by atoms with Crippen molar-refractivity contribution in [2.45, 2.75) is 24.9 Å². The van der Waals surface area contributed by atoms with Crippen LogP contribution in [0.3, 0.4) is 0 Å². The molecule has 1 fully saturated rings. The number of aliphatic hydroxyl groups is 1. The Balaban J connectivity index is 2.29. The lowest BCUT2D eigenvalue weighted by molar-refractivity contribution is -0.0214. The Morgan fingerprint density at radius 3 is 2.50 bits per heavy atom. The quantitative estimate of drug-likeness (QED) is 0.631.